The van der Waals surface area contributed by atoms with Gasteiger partial charge in [-0.05, 0) is 24.3 Å². The lowest BCUT2D eigenvalue weighted by Gasteiger charge is -2.34. The molecular weight excluding hydrogens is 311 g/mol. The molecule has 0 aliphatic carbocycles. The van der Waals surface area contributed by atoms with Crippen molar-refractivity contribution in [3.8, 4) is 0 Å². The predicted molar refractivity (Wildman–Crippen MR) is 77.1 cm³/mol. The quantitative estimate of drug-likeness (QED) is 0.528. The van der Waals surface area contributed by atoms with Gasteiger partial charge in [0.2, 0.25) is 0 Å². The molecule has 0 unspecified atom stereocenters. The summed E-state index contributed by atoms with van der Waals surface area (Å²) in [7, 11) is 2.11. The number of halogens is 1. The molecule has 0 aromatic heterocycles. The lowest BCUT2D eigenvalue weighted by atomic mass is 10.1. The van der Waals surface area contributed by atoms with Gasteiger partial charge in [0.15, 0.2) is 0 Å². The summed E-state index contributed by atoms with van der Waals surface area (Å²) >= 11 is 2.36. The SMILES string of the molecule is CN1c2ccccc2N(I)c2ccccc21. The molecule has 16 heavy (non-hydrogen) atoms. The zero-order chi connectivity index (χ0) is 11.1. The van der Waals surface area contributed by atoms with E-state index < -0.39 is 0 Å². The van der Waals surface area contributed by atoms with Crippen LogP contribution in [-0.2, 0) is 0 Å². The van der Waals surface area contributed by atoms with Gasteiger partial charge in [-0.3, -0.25) is 3.11 Å². The zero-order valence-electron chi connectivity index (χ0n) is 8.89. The Morgan fingerprint density at radius 3 is 1.56 bits per heavy atom. The van der Waals surface area contributed by atoms with Crippen molar-refractivity contribution in [1.82, 2.24) is 0 Å². The van der Waals surface area contributed by atoms with Gasteiger partial charge in [-0.2, -0.15) is 0 Å². The predicted octanol–water partition coefficient (Wildman–Crippen LogP) is 4.26. The summed E-state index contributed by atoms with van der Waals surface area (Å²) in [6.45, 7) is 0. The molecule has 80 valence electrons. The Bertz CT molecular complexity index is 443. The first-order valence-corrected chi connectivity index (χ1v) is 6.13. The summed E-state index contributed by atoms with van der Waals surface area (Å²) in [5.41, 5.74) is 4.97. The summed E-state index contributed by atoms with van der Waals surface area (Å²) in [4.78, 5) is 2.24. The summed E-state index contributed by atoms with van der Waals surface area (Å²) in [6, 6.07) is 16.9. The largest absolute Gasteiger partial charge is 0.341 e. The van der Waals surface area contributed by atoms with E-state index in [1.54, 1.807) is 0 Å². The Balaban J connectivity index is 2.26. The molecule has 0 saturated carbocycles. The average Bonchev–Trinajstić information content (AvgIpc) is 2.36. The van der Waals surface area contributed by atoms with E-state index in [9.17, 15) is 0 Å². The fraction of sp³-hybridized carbons (Fsp3) is 0.0769. The molecule has 0 atom stereocenters. The van der Waals surface area contributed by atoms with Crippen molar-refractivity contribution in [3.05, 3.63) is 48.5 Å². The second-order valence-corrected chi connectivity index (χ2v) is 4.78. The lowest BCUT2D eigenvalue weighted by molar-refractivity contribution is 1.17. The highest BCUT2D eigenvalue weighted by Crippen LogP contribution is 2.48. The Kier molecular flexibility index (Phi) is 2.28. The van der Waals surface area contributed by atoms with Gasteiger partial charge >= 0.3 is 0 Å². The van der Waals surface area contributed by atoms with Gasteiger partial charge in [-0.15, -0.1) is 0 Å². The van der Waals surface area contributed by atoms with Crippen LogP contribution in [0.15, 0.2) is 48.5 Å². The number of rotatable bonds is 0. The highest BCUT2D eigenvalue weighted by atomic mass is 127. The van der Waals surface area contributed by atoms with Gasteiger partial charge in [-0.1, -0.05) is 24.3 Å². The van der Waals surface area contributed by atoms with E-state index in [4.69, 9.17) is 0 Å². The summed E-state index contributed by atoms with van der Waals surface area (Å²) in [5, 5.41) is 0. The minimum absolute atomic E-state index is 1.24. The van der Waals surface area contributed by atoms with Crippen LogP contribution in [0.2, 0.25) is 0 Å². The maximum atomic E-state index is 2.36. The second-order valence-electron chi connectivity index (χ2n) is 3.82. The molecule has 0 amide bonds. The highest BCUT2D eigenvalue weighted by molar-refractivity contribution is 14.1. The molecule has 0 bridgehead atoms. The van der Waals surface area contributed by atoms with Gasteiger partial charge in [0.05, 0.1) is 45.6 Å². The smallest absolute Gasteiger partial charge is 0.0748 e. The van der Waals surface area contributed by atoms with Crippen molar-refractivity contribution in [3.63, 3.8) is 0 Å². The highest BCUT2D eigenvalue weighted by Gasteiger charge is 2.23. The molecule has 3 rings (SSSR count). The van der Waals surface area contributed by atoms with Crippen molar-refractivity contribution in [2.45, 2.75) is 0 Å². The van der Waals surface area contributed by atoms with E-state index in [1.165, 1.54) is 22.7 Å². The van der Waals surface area contributed by atoms with Crippen molar-refractivity contribution in [1.29, 1.82) is 0 Å². The van der Waals surface area contributed by atoms with Crippen LogP contribution in [0.3, 0.4) is 0 Å². The number of para-hydroxylation sites is 4. The molecular formula is C13H11IN2. The van der Waals surface area contributed by atoms with Gasteiger partial charge in [0, 0.05) is 7.05 Å². The molecule has 1 aliphatic heterocycles. The molecule has 1 aliphatic rings. The normalized spacial score (nSPS) is 13.4. The van der Waals surface area contributed by atoms with Crippen LogP contribution >= 0.6 is 22.9 Å². The van der Waals surface area contributed by atoms with Crippen LogP contribution in [0.4, 0.5) is 22.7 Å². The Labute approximate surface area is 109 Å². The second kappa shape index (κ2) is 3.66. The molecule has 0 N–H and O–H groups in total. The number of benzene rings is 2. The van der Waals surface area contributed by atoms with Crippen LogP contribution < -0.4 is 8.01 Å². The third-order valence-electron chi connectivity index (χ3n) is 2.91. The van der Waals surface area contributed by atoms with Crippen molar-refractivity contribution in [2.75, 3.05) is 15.1 Å². The number of hydrogen-bond acceptors (Lipinski definition) is 2. The van der Waals surface area contributed by atoms with Gasteiger partial charge in [0.1, 0.15) is 0 Å². The standard InChI is InChI=1S/C13H11IN2/c1-15-10-6-2-4-8-12(10)16(14)13-9-5-3-7-11(13)15/h2-9H,1H3. The maximum Gasteiger partial charge on any atom is 0.0748 e. The number of hydrogen-bond donors (Lipinski definition) is 0. The van der Waals surface area contributed by atoms with Crippen molar-refractivity contribution in [2.24, 2.45) is 0 Å². The lowest BCUT2D eigenvalue weighted by Crippen LogP contribution is -2.20. The molecule has 0 radical (unpaired) electrons. The van der Waals surface area contributed by atoms with E-state index in [2.05, 4.69) is 86.5 Å². The molecule has 0 saturated heterocycles. The van der Waals surface area contributed by atoms with Crippen LogP contribution in [0.5, 0.6) is 0 Å². The molecule has 2 nitrogen and oxygen atoms in total. The number of anilines is 4. The molecule has 0 fully saturated rings. The van der Waals surface area contributed by atoms with Gasteiger partial charge < -0.3 is 4.90 Å². The molecule has 3 heteroatoms. The topological polar surface area (TPSA) is 6.48 Å². The van der Waals surface area contributed by atoms with Crippen LogP contribution in [0.25, 0.3) is 0 Å². The van der Waals surface area contributed by atoms with E-state index in [1.807, 2.05) is 0 Å². The monoisotopic (exact) mass is 322 g/mol. The van der Waals surface area contributed by atoms with E-state index in [0.717, 1.165) is 0 Å². The van der Waals surface area contributed by atoms with E-state index in [0.29, 0.717) is 0 Å². The third-order valence-corrected chi connectivity index (χ3v) is 3.95. The first kappa shape index (κ1) is 9.96. The maximum absolute atomic E-state index is 2.36. The Morgan fingerprint density at radius 2 is 1.12 bits per heavy atom. The molecule has 1 heterocycles. The van der Waals surface area contributed by atoms with Crippen molar-refractivity contribution >= 4 is 45.6 Å². The first-order chi connectivity index (χ1) is 7.79. The minimum Gasteiger partial charge on any atom is -0.341 e. The number of fused-ring (bicyclic) bond motifs is 2. The Morgan fingerprint density at radius 1 is 0.750 bits per heavy atom. The third kappa shape index (κ3) is 1.31. The molecule has 2 aromatic rings. The fourth-order valence-corrected chi connectivity index (χ4v) is 2.90. The molecule has 2 aromatic carbocycles. The number of nitrogens with zero attached hydrogens (tertiary/aromatic N) is 2. The summed E-state index contributed by atoms with van der Waals surface area (Å²) in [6.07, 6.45) is 0. The Hall–Kier alpha value is -1.23. The fourth-order valence-electron chi connectivity index (χ4n) is 2.09. The van der Waals surface area contributed by atoms with E-state index >= 15 is 0 Å². The van der Waals surface area contributed by atoms with Gasteiger partial charge in [-0.25, -0.2) is 0 Å². The molecule has 0 spiro atoms. The van der Waals surface area contributed by atoms with Gasteiger partial charge in [0.25, 0.3) is 0 Å². The summed E-state index contributed by atoms with van der Waals surface area (Å²) < 4.78 is 2.21. The minimum atomic E-state index is 1.24. The van der Waals surface area contributed by atoms with Crippen LogP contribution in [0, 0.1) is 0 Å². The van der Waals surface area contributed by atoms with Crippen LogP contribution in [-0.4, -0.2) is 7.05 Å². The van der Waals surface area contributed by atoms with Crippen LogP contribution in [0.1, 0.15) is 0 Å². The zero-order valence-corrected chi connectivity index (χ0v) is 11.0. The first-order valence-electron chi connectivity index (χ1n) is 5.17. The van der Waals surface area contributed by atoms with Crippen molar-refractivity contribution < 1.29 is 0 Å². The average molecular weight is 322 g/mol. The summed E-state index contributed by atoms with van der Waals surface area (Å²) in [5.74, 6) is 0. The van der Waals surface area contributed by atoms with E-state index in [-0.39, 0.29) is 0 Å².